The molecular weight excluding hydrogens is 460 g/mol. The van der Waals surface area contributed by atoms with Crippen LogP contribution in [0.25, 0.3) is 0 Å². The van der Waals surface area contributed by atoms with Crippen molar-refractivity contribution in [3.63, 3.8) is 0 Å². The molecule has 8 heteroatoms. The second kappa shape index (κ2) is 9.68. The third kappa shape index (κ3) is 4.43. The number of amides is 3. The topological polar surface area (TPSA) is 110 Å². The Morgan fingerprint density at radius 1 is 0.944 bits per heavy atom. The fraction of sp³-hybridized carbons (Fsp3) is 0.393. The van der Waals surface area contributed by atoms with Gasteiger partial charge in [-0.25, -0.2) is 4.79 Å². The fourth-order valence-corrected chi connectivity index (χ4v) is 6.07. The van der Waals surface area contributed by atoms with E-state index in [-0.39, 0.29) is 47.7 Å². The third-order valence-corrected chi connectivity index (χ3v) is 7.74. The summed E-state index contributed by atoms with van der Waals surface area (Å²) in [5.41, 5.74) is 1.76. The number of imide groups is 1. The van der Waals surface area contributed by atoms with Gasteiger partial charge >= 0.3 is 5.97 Å². The van der Waals surface area contributed by atoms with Gasteiger partial charge in [-0.3, -0.25) is 24.1 Å². The van der Waals surface area contributed by atoms with Crippen LogP contribution >= 0.6 is 0 Å². The lowest BCUT2D eigenvalue weighted by Crippen LogP contribution is -2.48. The van der Waals surface area contributed by atoms with Crippen molar-refractivity contribution < 1.29 is 28.7 Å². The van der Waals surface area contributed by atoms with Gasteiger partial charge in [0.1, 0.15) is 6.04 Å². The standard InChI is InChI=1S/C28H28N2O6/c1-16(31)18-9-11-21(12-10-18)29-23(32)15-36-28(35)22(13-17-5-3-2-4-6-17)30-26(33)24-19-7-8-20(14-19)25(24)27(30)34/h2-6,9-12,19-20,22,24-25H,7-8,13-15H2,1H3,(H,29,32)/t19-,20-,22-,24-,25-/m0/s1. The molecule has 1 N–H and O–H groups in total. The zero-order chi connectivity index (χ0) is 25.4. The van der Waals surface area contributed by atoms with Gasteiger partial charge in [0.25, 0.3) is 5.91 Å². The van der Waals surface area contributed by atoms with Gasteiger partial charge in [0.15, 0.2) is 12.4 Å². The second-order valence-electron chi connectivity index (χ2n) is 9.93. The lowest BCUT2D eigenvalue weighted by atomic mass is 9.81. The maximum Gasteiger partial charge on any atom is 0.330 e. The van der Waals surface area contributed by atoms with E-state index in [1.54, 1.807) is 24.3 Å². The van der Waals surface area contributed by atoms with Crippen molar-refractivity contribution in [2.45, 2.75) is 38.6 Å². The van der Waals surface area contributed by atoms with Crippen molar-refractivity contribution in [2.75, 3.05) is 11.9 Å². The number of Topliss-reactive ketones (excluding diaryl/α,β-unsaturated/α-hetero) is 1. The average molecular weight is 489 g/mol. The minimum Gasteiger partial charge on any atom is -0.454 e. The van der Waals surface area contributed by atoms with Gasteiger partial charge in [0.2, 0.25) is 11.8 Å². The molecular formula is C28H28N2O6. The van der Waals surface area contributed by atoms with Gasteiger partial charge in [-0.05, 0) is 67.9 Å². The molecule has 0 radical (unpaired) electrons. The number of hydrogen-bond donors (Lipinski definition) is 1. The number of hydrogen-bond acceptors (Lipinski definition) is 6. The molecule has 5 rings (SSSR count). The van der Waals surface area contributed by atoms with Gasteiger partial charge in [-0.2, -0.15) is 0 Å². The highest BCUT2D eigenvalue weighted by molar-refractivity contribution is 6.09. The maximum absolute atomic E-state index is 13.4. The number of ketones is 1. The molecule has 5 atom stereocenters. The summed E-state index contributed by atoms with van der Waals surface area (Å²) < 4.78 is 5.32. The van der Waals surface area contributed by atoms with Gasteiger partial charge < -0.3 is 10.1 Å². The van der Waals surface area contributed by atoms with Crippen molar-refractivity contribution in [1.82, 2.24) is 4.90 Å². The van der Waals surface area contributed by atoms with E-state index in [1.807, 2.05) is 30.3 Å². The van der Waals surface area contributed by atoms with E-state index in [4.69, 9.17) is 4.74 Å². The van der Waals surface area contributed by atoms with Crippen LogP contribution in [0, 0.1) is 23.7 Å². The van der Waals surface area contributed by atoms with E-state index in [9.17, 15) is 24.0 Å². The van der Waals surface area contributed by atoms with Crippen LogP contribution in [0.5, 0.6) is 0 Å². The number of anilines is 1. The van der Waals surface area contributed by atoms with Crippen LogP contribution in [0.1, 0.15) is 42.1 Å². The largest absolute Gasteiger partial charge is 0.454 e. The average Bonchev–Trinajstić information content (AvgIpc) is 3.56. The smallest absolute Gasteiger partial charge is 0.330 e. The van der Waals surface area contributed by atoms with E-state index in [0.29, 0.717) is 11.3 Å². The lowest BCUT2D eigenvalue weighted by Gasteiger charge is -2.26. The van der Waals surface area contributed by atoms with Crippen LogP contribution in [0.3, 0.4) is 0 Å². The molecule has 3 fully saturated rings. The van der Waals surface area contributed by atoms with Gasteiger partial charge in [-0.15, -0.1) is 0 Å². The van der Waals surface area contributed by atoms with Crippen LogP contribution < -0.4 is 5.32 Å². The maximum atomic E-state index is 13.4. The van der Waals surface area contributed by atoms with Gasteiger partial charge in [0.05, 0.1) is 11.8 Å². The van der Waals surface area contributed by atoms with Crippen molar-refractivity contribution in [1.29, 1.82) is 0 Å². The van der Waals surface area contributed by atoms with Crippen molar-refractivity contribution in [3.05, 3.63) is 65.7 Å². The van der Waals surface area contributed by atoms with Crippen molar-refractivity contribution >= 4 is 35.2 Å². The van der Waals surface area contributed by atoms with Crippen LogP contribution in [0.2, 0.25) is 0 Å². The van der Waals surface area contributed by atoms with Gasteiger partial charge in [0, 0.05) is 17.7 Å². The Kier molecular flexibility index (Phi) is 6.43. The second-order valence-corrected chi connectivity index (χ2v) is 9.93. The predicted octanol–water partition coefficient (Wildman–Crippen LogP) is 3.01. The summed E-state index contributed by atoms with van der Waals surface area (Å²) in [6.45, 7) is 0.889. The normalized spacial score (nSPS) is 25.0. The first-order valence-corrected chi connectivity index (χ1v) is 12.3. The highest BCUT2D eigenvalue weighted by Gasteiger charge is 2.62. The Balaban J connectivity index is 1.29. The Bertz CT molecular complexity index is 1180. The molecule has 1 aliphatic heterocycles. The number of ether oxygens (including phenoxy) is 1. The molecule has 2 saturated carbocycles. The molecule has 2 aliphatic carbocycles. The molecule has 0 unspecified atom stereocenters. The molecule has 186 valence electrons. The summed E-state index contributed by atoms with van der Waals surface area (Å²) in [5, 5.41) is 2.62. The number of carbonyl (C=O) groups is 5. The zero-order valence-electron chi connectivity index (χ0n) is 20.0. The van der Waals surface area contributed by atoms with E-state index < -0.39 is 24.5 Å². The SMILES string of the molecule is CC(=O)c1ccc(NC(=O)COC(=O)[C@H](Cc2ccccc2)N2C(=O)[C@H]3[C@H]4CC[C@@H](C4)[C@@H]3C2=O)cc1. The lowest BCUT2D eigenvalue weighted by molar-refractivity contribution is -0.160. The molecule has 2 bridgehead atoms. The molecule has 3 aliphatic rings. The van der Waals surface area contributed by atoms with E-state index in [1.165, 1.54) is 6.92 Å². The predicted molar refractivity (Wildman–Crippen MR) is 130 cm³/mol. The molecule has 8 nitrogen and oxygen atoms in total. The molecule has 0 aromatic heterocycles. The summed E-state index contributed by atoms with van der Waals surface area (Å²) in [7, 11) is 0. The summed E-state index contributed by atoms with van der Waals surface area (Å²) in [4.78, 5) is 64.9. The zero-order valence-corrected chi connectivity index (χ0v) is 20.0. The summed E-state index contributed by atoms with van der Waals surface area (Å²) in [6.07, 6.45) is 2.92. The molecule has 1 saturated heterocycles. The van der Waals surface area contributed by atoms with Gasteiger partial charge in [-0.1, -0.05) is 30.3 Å². The third-order valence-electron chi connectivity index (χ3n) is 7.74. The van der Waals surface area contributed by atoms with Crippen LogP contribution in [-0.4, -0.2) is 47.0 Å². The highest BCUT2D eigenvalue weighted by atomic mass is 16.5. The first-order valence-electron chi connectivity index (χ1n) is 12.3. The first kappa shape index (κ1) is 23.9. The van der Waals surface area contributed by atoms with Crippen molar-refractivity contribution in [2.24, 2.45) is 23.7 Å². The molecule has 36 heavy (non-hydrogen) atoms. The minimum absolute atomic E-state index is 0.0885. The van der Waals surface area contributed by atoms with E-state index in [0.717, 1.165) is 29.7 Å². The summed E-state index contributed by atoms with van der Waals surface area (Å²) in [6, 6.07) is 14.4. The van der Waals surface area contributed by atoms with Crippen LogP contribution in [-0.2, 0) is 30.3 Å². The van der Waals surface area contributed by atoms with E-state index in [2.05, 4.69) is 5.32 Å². The number of fused-ring (bicyclic) bond motifs is 5. The minimum atomic E-state index is -1.12. The number of rotatable bonds is 8. The van der Waals surface area contributed by atoms with E-state index >= 15 is 0 Å². The number of benzene rings is 2. The quantitative estimate of drug-likeness (QED) is 0.348. The number of likely N-dealkylation sites (tertiary alicyclic amines) is 1. The Hall–Kier alpha value is -3.81. The number of esters is 1. The molecule has 0 spiro atoms. The monoisotopic (exact) mass is 488 g/mol. The Morgan fingerprint density at radius 3 is 2.14 bits per heavy atom. The Labute approximate surface area is 209 Å². The Morgan fingerprint density at radius 2 is 1.56 bits per heavy atom. The molecule has 2 aromatic carbocycles. The van der Waals surface area contributed by atoms with Crippen LogP contribution in [0.4, 0.5) is 5.69 Å². The number of carbonyl (C=O) groups excluding carboxylic acids is 5. The first-order chi connectivity index (χ1) is 17.3. The van der Waals surface area contributed by atoms with Crippen molar-refractivity contribution in [3.8, 4) is 0 Å². The fourth-order valence-electron chi connectivity index (χ4n) is 6.07. The van der Waals surface area contributed by atoms with Crippen LogP contribution in [0.15, 0.2) is 54.6 Å². The molecule has 1 heterocycles. The summed E-state index contributed by atoms with van der Waals surface area (Å²) >= 11 is 0. The number of nitrogens with zero attached hydrogens (tertiary/aromatic N) is 1. The number of nitrogens with one attached hydrogen (secondary N) is 1. The molecule has 3 amide bonds. The molecule has 2 aromatic rings. The highest BCUT2D eigenvalue weighted by Crippen LogP contribution is 2.56. The summed E-state index contributed by atoms with van der Waals surface area (Å²) in [5.74, 6) is -2.29.